The molecule has 2 aromatic carbocycles. The molecule has 0 saturated carbocycles. The Bertz CT molecular complexity index is 646. The monoisotopic (exact) mass is 284 g/mol. The highest BCUT2D eigenvalue weighted by Crippen LogP contribution is 2.46. The molecule has 0 bridgehead atoms. The number of phenolic OH excluding ortho intramolecular Hbond substituents is 2. The molecular weight excluding hydrogens is 268 g/mol. The van der Waals surface area contributed by atoms with Crippen LogP contribution in [-0.4, -0.2) is 23.4 Å². The Kier molecular flexibility index (Phi) is 2.55. The predicted octanol–water partition coefficient (Wildman–Crippen LogP) is 2.65. The van der Waals surface area contributed by atoms with E-state index < -0.39 is 0 Å². The first-order valence-electron chi connectivity index (χ1n) is 7.04. The highest BCUT2D eigenvalue weighted by Gasteiger charge is 2.41. The molecule has 4 heteroatoms. The molecular formula is C17H16O4. The van der Waals surface area contributed by atoms with E-state index in [0.717, 1.165) is 24.0 Å². The summed E-state index contributed by atoms with van der Waals surface area (Å²) in [6.45, 7) is 1.01. The van der Waals surface area contributed by atoms with Gasteiger partial charge in [-0.2, -0.15) is 0 Å². The third-order valence-electron chi connectivity index (χ3n) is 4.33. The zero-order valence-electron chi connectivity index (χ0n) is 11.5. The number of fused-ring (bicyclic) bond motifs is 2. The second-order valence-electron chi connectivity index (χ2n) is 5.96. The Morgan fingerprint density at radius 1 is 0.762 bits per heavy atom. The van der Waals surface area contributed by atoms with Crippen LogP contribution in [0.4, 0.5) is 0 Å². The zero-order chi connectivity index (χ0) is 14.4. The normalized spacial score (nSPS) is 18.3. The average molecular weight is 284 g/mol. The lowest BCUT2D eigenvalue weighted by molar-refractivity contribution is 0.0448. The van der Waals surface area contributed by atoms with Gasteiger partial charge in [-0.1, -0.05) is 24.3 Å². The summed E-state index contributed by atoms with van der Waals surface area (Å²) in [5, 5.41) is 19.7. The third-order valence-corrected chi connectivity index (χ3v) is 4.33. The Balaban J connectivity index is 1.69. The van der Waals surface area contributed by atoms with Crippen LogP contribution in [0.15, 0.2) is 36.4 Å². The van der Waals surface area contributed by atoms with Gasteiger partial charge in [-0.05, 0) is 36.1 Å². The fourth-order valence-corrected chi connectivity index (χ4v) is 3.32. The lowest BCUT2D eigenvalue weighted by Gasteiger charge is -2.41. The molecule has 2 aliphatic rings. The molecule has 4 rings (SSSR count). The van der Waals surface area contributed by atoms with Crippen LogP contribution in [0.25, 0.3) is 0 Å². The SMILES string of the molecule is Oc1cccc2c1OCC1(COc3c(O)cccc3C1)C2. The number of phenols is 2. The highest BCUT2D eigenvalue weighted by molar-refractivity contribution is 5.50. The Morgan fingerprint density at radius 2 is 1.24 bits per heavy atom. The maximum Gasteiger partial charge on any atom is 0.164 e. The average Bonchev–Trinajstić information content (AvgIpc) is 2.47. The third kappa shape index (κ3) is 1.90. The molecule has 21 heavy (non-hydrogen) atoms. The Morgan fingerprint density at radius 3 is 1.71 bits per heavy atom. The van der Waals surface area contributed by atoms with Gasteiger partial charge in [-0.3, -0.25) is 0 Å². The Hall–Kier alpha value is -2.36. The zero-order valence-corrected chi connectivity index (χ0v) is 11.5. The summed E-state index contributed by atoms with van der Waals surface area (Å²) in [7, 11) is 0. The van der Waals surface area contributed by atoms with E-state index in [4.69, 9.17) is 9.47 Å². The van der Waals surface area contributed by atoms with Crippen molar-refractivity contribution in [1.82, 2.24) is 0 Å². The molecule has 2 heterocycles. The number of rotatable bonds is 0. The van der Waals surface area contributed by atoms with Gasteiger partial charge in [0.1, 0.15) is 0 Å². The molecule has 108 valence electrons. The van der Waals surface area contributed by atoms with Crippen molar-refractivity contribution >= 4 is 0 Å². The van der Waals surface area contributed by atoms with Gasteiger partial charge >= 0.3 is 0 Å². The van der Waals surface area contributed by atoms with E-state index in [-0.39, 0.29) is 16.9 Å². The van der Waals surface area contributed by atoms with E-state index in [0.29, 0.717) is 24.7 Å². The van der Waals surface area contributed by atoms with Crippen LogP contribution in [0, 0.1) is 5.41 Å². The van der Waals surface area contributed by atoms with Crippen LogP contribution in [0.1, 0.15) is 11.1 Å². The van der Waals surface area contributed by atoms with E-state index in [2.05, 4.69) is 0 Å². The van der Waals surface area contributed by atoms with Gasteiger partial charge in [0, 0.05) is 5.41 Å². The summed E-state index contributed by atoms with van der Waals surface area (Å²) < 4.78 is 11.6. The molecule has 0 aromatic heterocycles. The minimum atomic E-state index is -0.137. The first-order valence-corrected chi connectivity index (χ1v) is 7.04. The maximum absolute atomic E-state index is 9.85. The lowest BCUT2D eigenvalue weighted by Crippen LogP contribution is -2.44. The minimum Gasteiger partial charge on any atom is -0.504 e. The van der Waals surface area contributed by atoms with Crippen molar-refractivity contribution in [3.63, 3.8) is 0 Å². The first kappa shape index (κ1) is 12.4. The summed E-state index contributed by atoms with van der Waals surface area (Å²) >= 11 is 0. The predicted molar refractivity (Wildman–Crippen MR) is 77.0 cm³/mol. The lowest BCUT2D eigenvalue weighted by atomic mass is 9.75. The van der Waals surface area contributed by atoms with E-state index >= 15 is 0 Å². The van der Waals surface area contributed by atoms with Gasteiger partial charge < -0.3 is 19.7 Å². The molecule has 2 aromatic rings. The van der Waals surface area contributed by atoms with Gasteiger partial charge in [0.25, 0.3) is 0 Å². The summed E-state index contributed by atoms with van der Waals surface area (Å²) in [5.41, 5.74) is 1.88. The first-order chi connectivity index (χ1) is 10.2. The molecule has 0 atom stereocenters. The van der Waals surface area contributed by atoms with Crippen LogP contribution in [0.2, 0.25) is 0 Å². The summed E-state index contributed by atoms with van der Waals surface area (Å²) in [6.07, 6.45) is 1.59. The maximum atomic E-state index is 9.85. The molecule has 0 aliphatic carbocycles. The largest absolute Gasteiger partial charge is 0.504 e. The van der Waals surface area contributed by atoms with E-state index in [1.165, 1.54) is 0 Å². The van der Waals surface area contributed by atoms with Crippen molar-refractivity contribution in [1.29, 1.82) is 0 Å². The van der Waals surface area contributed by atoms with Crippen LogP contribution in [0.3, 0.4) is 0 Å². The van der Waals surface area contributed by atoms with Gasteiger partial charge in [-0.15, -0.1) is 0 Å². The van der Waals surface area contributed by atoms with Crippen LogP contribution in [0.5, 0.6) is 23.0 Å². The fourth-order valence-electron chi connectivity index (χ4n) is 3.32. The molecule has 0 unspecified atom stereocenters. The van der Waals surface area contributed by atoms with Crippen molar-refractivity contribution in [2.24, 2.45) is 5.41 Å². The molecule has 0 amide bonds. The van der Waals surface area contributed by atoms with Crippen molar-refractivity contribution in [3.8, 4) is 23.0 Å². The summed E-state index contributed by atoms with van der Waals surface area (Å²) in [4.78, 5) is 0. The standard InChI is InChI=1S/C17H16O4/c18-13-5-1-3-11-7-17(9-20-15(11)13)8-12-4-2-6-14(19)16(12)21-10-17/h1-6,18-19H,7-10H2. The quantitative estimate of drug-likeness (QED) is 0.781. The number of hydrogen-bond acceptors (Lipinski definition) is 4. The van der Waals surface area contributed by atoms with Gasteiger partial charge in [0.2, 0.25) is 0 Å². The number of ether oxygens (including phenoxy) is 2. The van der Waals surface area contributed by atoms with Gasteiger partial charge in [0.05, 0.1) is 13.2 Å². The number of benzene rings is 2. The van der Waals surface area contributed by atoms with E-state index in [9.17, 15) is 10.2 Å². The van der Waals surface area contributed by atoms with Crippen molar-refractivity contribution in [2.75, 3.05) is 13.2 Å². The number of hydrogen-bond donors (Lipinski definition) is 2. The highest BCUT2D eigenvalue weighted by atomic mass is 16.5. The van der Waals surface area contributed by atoms with Crippen LogP contribution < -0.4 is 9.47 Å². The smallest absolute Gasteiger partial charge is 0.164 e. The molecule has 2 aliphatic heterocycles. The summed E-state index contributed by atoms with van der Waals surface area (Å²) in [5.74, 6) is 1.56. The molecule has 0 fully saturated rings. The van der Waals surface area contributed by atoms with E-state index in [1.54, 1.807) is 12.1 Å². The van der Waals surface area contributed by atoms with Crippen LogP contribution >= 0.6 is 0 Å². The molecule has 2 N–H and O–H groups in total. The summed E-state index contributed by atoms with van der Waals surface area (Å²) in [6, 6.07) is 10.9. The molecule has 0 saturated heterocycles. The number of para-hydroxylation sites is 2. The van der Waals surface area contributed by atoms with Crippen LogP contribution in [-0.2, 0) is 12.8 Å². The fraction of sp³-hybridized carbons (Fsp3) is 0.294. The second kappa shape index (κ2) is 4.32. The van der Waals surface area contributed by atoms with Crippen molar-refractivity contribution in [2.45, 2.75) is 12.8 Å². The Labute approximate surface area is 122 Å². The van der Waals surface area contributed by atoms with Gasteiger partial charge in [-0.25, -0.2) is 0 Å². The molecule has 1 spiro atoms. The number of aromatic hydroxyl groups is 2. The van der Waals surface area contributed by atoms with Crippen molar-refractivity contribution < 1.29 is 19.7 Å². The topological polar surface area (TPSA) is 58.9 Å². The van der Waals surface area contributed by atoms with Crippen molar-refractivity contribution in [3.05, 3.63) is 47.5 Å². The minimum absolute atomic E-state index is 0.137. The molecule has 4 nitrogen and oxygen atoms in total. The van der Waals surface area contributed by atoms with E-state index in [1.807, 2.05) is 24.3 Å². The van der Waals surface area contributed by atoms with Gasteiger partial charge in [0.15, 0.2) is 23.0 Å². The second-order valence-corrected chi connectivity index (χ2v) is 5.96. The molecule has 0 radical (unpaired) electrons.